The van der Waals surface area contributed by atoms with Gasteiger partial charge in [-0.1, -0.05) is 139 Å². The second-order valence-corrected chi connectivity index (χ2v) is 17.3. The van der Waals surface area contributed by atoms with Gasteiger partial charge < -0.3 is 13.7 Å². The highest BCUT2D eigenvalue weighted by Gasteiger charge is 2.27. The summed E-state index contributed by atoms with van der Waals surface area (Å²) in [4.78, 5) is 14.7. The number of aryl methyl sites for hydroxylation is 3. The highest BCUT2D eigenvalue weighted by Crippen LogP contribution is 2.48. The van der Waals surface area contributed by atoms with Crippen LogP contribution in [0.15, 0.2) is 200 Å². The van der Waals surface area contributed by atoms with Crippen molar-refractivity contribution in [1.82, 2.24) is 28.7 Å². The van der Waals surface area contributed by atoms with E-state index >= 15 is 0 Å². The fraction of sp³-hybridized carbons (Fsp3) is 0.0500. The minimum absolute atomic E-state index is 0.635. The molecule has 312 valence electrons. The molecule has 0 fully saturated rings. The zero-order chi connectivity index (χ0) is 44.0. The first-order valence-corrected chi connectivity index (χ1v) is 22.5. The van der Waals surface area contributed by atoms with Gasteiger partial charge in [-0.2, -0.15) is 0 Å². The lowest BCUT2D eigenvalue weighted by atomic mass is 9.90. The maximum atomic E-state index is 5.04. The summed E-state index contributed by atoms with van der Waals surface area (Å²) in [6.45, 7) is 6.08. The first-order valence-electron chi connectivity index (χ1n) is 22.5. The quantitative estimate of drug-likeness (QED) is 0.167. The van der Waals surface area contributed by atoms with Crippen LogP contribution >= 0.6 is 0 Å². The van der Waals surface area contributed by atoms with E-state index in [1.807, 2.05) is 13.8 Å². The summed E-state index contributed by atoms with van der Waals surface area (Å²) in [6.07, 6.45) is 0. The van der Waals surface area contributed by atoms with Crippen LogP contribution in [0.3, 0.4) is 0 Å². The predicted octanol–water partition coefficient (Wildman–Crippen LogP) is 15.1. The molecule has 13 rings (SSSR count). The van der Waals surface area contributed by atoms with Crippen LogP contribution in [0.2, 0.25) is 0 Å². The van der Waals surface area contributed by atoms with Crippen LogP contribution in [-0.2, 0) is 0 Å². The van der Waals surface area contributed by atoms with Crippen LogP contribution in [0.5, 0.6) is 0 Å². The largest absolute Gasteiger partial charge is 0.309 e. The van der Waals surface area contributed by atoms with E-state index in [1.54, 1.807) is 0 Å². The first kappa shape index (κ1) is 37.9. The Labute approximate surface area is 381 Å². The Bertz CT molecular complexity index is 3800. The SMILES string of the molecule is Cc1ccc2c(c1)c1ccccc1n2-c1c(-c2ccccc2-n2c3ccccc3c3ccccc32)cc(-c2nc(C)nc(C)n2)cc1-c1ccccc1-n1c2ccccc2c2ccccc21. The van der Waals surface area contributed by atoms with E-state index in [0.29, 0.717) is 17.5 Å². The summed E-state index contributed by atoms with van der Waals surface area (Å²) in [5.41, 5.74) is 16.5. The first-order chi connectivity index (χ1) is 32.5. The van der Waals surface area contributed by atoms with Crippen molar-refractivity contribution < 1.29 is 0 Å². The fourth-order valence-corrected chi connectivity index (χ4v) is 10.6. The van der Waals surface area contributed by atoms with Crippen molar-refractivity contribution in [2.75, 3.05) is 0 Å². The van der Waals surface area contributed by atoms with Crippen LogP contribution in [0.4, 0.5) is 0 Å². The second kappa shape index (κ2) is 14.7. The highest BCUT2D eigenvalue weighted by molar-refractivity contribution is 6.14. The molecule has 0 unspecified atom stereocenters. The zero-order valence-electron chi connectivity index (χ0n) is 36.7. The Morgan fingerprint density at radius 2 is 0.667 bits per heavy atom. The molecule has 6 nitrogen and oxygen atoms in total. The van der Waals surface area contributed by atoms with Crippen molar-refractivity contribution in [3.05, 3.63) is 217 Å². The van der Waals surface area contributed by atoms with Gasteiger partial charge in [0.05, 0.1) is 50.2 Å². The summed E-state index contributed by atoms with van der Waals surface area (Å²) >= 11 is 0. The number of nitrogens with zero attached hydrogens (tertiary/aromatic N) is 6. The molecule has 4 heterocycles. The van der Waals surface area contributed by atoms with Crippen molar-refractivity contribution in [2.24, 2.45) is 0 Å². The molecule has 0 spiro atoms. The maximum absolute atomic E-state index is 5.04. The monoisotopic (exact) mass is 846 g/mol. The molecule has 9 aromatic carbocycles. The van der Waals surface area contributed by atoms with Crippen LogP contribution in [0.1, 0.15) is 17.2 Å². The van der Waals surface area contributed by atoms with Gasteiger partial charge in [-0.3, -0.25) is 0 Å². The number of para-hydroxylation sites is 7. The highest BCUT2D eigenvalue weighted by atomic mass is 15.0. The molecule has 0 aliphatic rings. The van der Waals surface area contributed by atoms with Gasteiger partial charge >= 0.3 is 0 Å². The lowest BCUT2D eigenvalue weighted by Gasteiger charge is -2.24. The molecule has 0 saturated heterocycles. The summed E-state index contributed by atoms with van der Waals surface area (Å²) in [5.74, 6) is 1.99. The van der Waals surface area contributed by atoms with E-state index in [9.17, 15) is 0 Å². The van der Waals surface area contributed by atoms with Gasteiger partial charge in [-0.05, 0) is 87.5 Å². The second-order valence-electron chi connectivity index (χ2n) is 17.3. The molecule has 0 N–H and O–H groups in total. The van der Waals surface area contributed by atoms with Gasteiger partial charge in [0.25, 0.3) is 0 Å². The molecule has 6 heteroatoms. The van der Waals surface area contributed by atoms with Gasteiger partial charge in [-0.15, -0.1) is 0 Å². The van der Waals surface area contributed by atoms with Crippen molar-refractivity contribution in [1.29, 1.82) is 0 Å². The van der Waals surface area contributed by atoms with Gasteiger partial charge in [0.1, 0.15) is 11.6 Å². The average Bonchev–Trinajstić information content (AvgIpc) is 3.99. The smallest absolute Gasteiger partial charge is 0.163 e. The molecule has 4 aromatic heterocycles. The Hall–Kier alpha value is -8.61. The number of fused-ring (bicyclic) bond motifs is 9. The molecule has 66 heavy (non-hydrogen) atoms. The fourth-order valence-electron chi connectivity index (χ4n) is 10.6. The van der Waals surface area contributed by atoms with Crippen LogP contribution in [0, 0.1) is 20.8 Å². The van der Waals surface area contributed by atoms with E-state index in [1.165, 1.54) is 37.9 Å². The molecular weight excluding hydrogens is 805 g/mol. The van der Waals surface area contributed by atoms with E-state index in [2.05, 4.69) is 226 Å². The lowest BCUT2D eigenvalue weighted by Crippen LogP contribution is -2.06. The molecule has 0 atom stereocenters. The molecule has 0 aliphatic carbocycles. The van der Waals surface area contributed by atoms with Gasteiger partial charge in [0, 0.05) is 60.1 Å². The number of aromatic nitrogens is 6. The van der Waals surface area contributed by atoms with E-state index < -0.39 is 0 Å². The zero-order valence-corrected chi connectivity index (χ0v) is 36.7. The number of benzene rings is 9. The van der Waals surface area contributed by atoms with Crippen LogP contribution in [0.25, 0.3) is 116 Å². The molecule has 13 aromatic rings. The summed E-state index contributed by atoms with van der Waals surface area (Å²) < 4.78 is 7.39. The average molecular weight is 847 g/mol. The summed E-state index contributed by atoms with van der Waals surface area (Å²) in [6, 6.07) is 73.1. The third-order valence-corrected chi connectivity index (χ3v) is 13.3. The van der Waals surface area contributed by atoms with E-state index in [0.717, 1.165) is 78.0 Å². The maximum Gasteiger partial charge on any atom is 0.163 e. The molecule has 0 aliphatic heterocycles. The molecular formula is C60H42N6. The Kier molecular flexibility index (Phi) is 8.46. The van der Waals surface area contributed by atoms with Gasteiger partial charge in [0.15, 0.2) is 5.82 Å². The number of rotatable bonds is 6. The molecule has 0 amide bonds. The van der Waals surface area contributed by atoms with Crippen molar-refractivity contribution in [2.45, 2.75) is 20.8 Å². The molecule has 0 saturated carbocycles. The van der Waals surface area contributed by atoms with Crippen molar-refractivity contribution >= 4 is 65.4 Å². The predicted molar refractivity (Wildman–Crippen MR) is 273 cm³/mol. The number of hydrogen-bond acceptors (Lipinski definition) is 3. The third kappa shape index (κ3) is 5.71. The summed E-state index contributed by atoms with van der Waals surface area (Å²) in [5, 5.41) is 7.27. The lowest BCUT2D eigenvalue weighted by molar-refractivity contribution is 0.928. The van der Waals surface area contributed by atoms with E-state index in [4.69, 9.17) is 9.97 Å². The van der Waals surface area contributed by atoms with E-state index in [-0.39, 0.29) is 0 Å². The summed E-state index contributed by atoms with van der Waals surface area (Å²) in [7, 11) is 0. The Morgan fingerprint density at radius 1 is 0.303 bits per heavy atom. The van der Waals surface area contributed by atoms with Gasteiger partial charge in [-0.25, -0.2) is 15.0 Å². The van der Waals surface area contributed by atoms with Crippen LogP contribution in [-0.4, -0.2) is 28.7 Å². The van der Waals surface area contributed by atoms with Crippen LogP contribution < -0.4 is 0 Å². The van der Waals surface area contributed by atoms with Gasteiger partial charge in [0.2, 0.25) is 0 Å². The van der Waals surface area contributed by atoms with Crippen molar-refractivity contribution in [3.8, 4) is 50.7 Å². The van der Waals surface area contributed by atoms with Crippen molar-refractivity contribution in [3.63, 3.8) is 0 Å². The number of hydrogen-bond donors (Lipinski definition) is 0. The Morgan fingerprint density at radius 3 is 1.12 bits per heavy atom. The third-order valence-electron chi connectivity index (χ3n) is 13.3. The topological polar surface area (TPSA) is 53.5 Å². The minimum Gasteiger partial charge on any atom is -0.309 e. The Balaban J connectivity index is 1.24. The normalized spacial score (nSPS) is 11.9. The minimum atomic E-state index is 0.635. The standard InChI is InChI=1S/C60H42N6/c1-37-32-33-58-48(34-37)45-22-8-17-31-57(45)66(58)59-49(46-23-9-15-29-55(46)64-51-25-11-4-18-41(51)42-19-5-12-26-52(42)64)35-40(60-62-38(2)61-39(3)63-60)36-50(59)47-24-10-16-30-56(47)65-53-27-13-6-20-43(53)44-21-7-14-28-54(44)65/h4-36H,1-3H3. The molecule has 0 bridgehead atoms. The molecule has 0 radical (unpaired) electrons.